The van der Waals surface area contributed by atoms with Crippen molar-refractivity contribution >= 4 is 22.9 Å². The molecule has 2 aromatic carbocycles. The van der Waals surface area contributed by atoms with Crippen LogP contribution in [0, 0.1) is 11.8 Å². The Morgan fingerprint density at radius 2 is 1.03 bits per heavy atom. The van der Waals surface area contributed by atoms with E-state index < -0.39 is 0 Å². The number of fused-ring (bicyclic) bond motifs is 2. The highest BCUT2D eigenvalue weighted by Gasteiger charge is 2.33. The van der Waals surface area contributed by atoms with Crippen LogP contribution >= 0.6 is 0 Å². The fourth-order valence-corrected chi connectivity index (χ4v) is 4.69. The van der Waals surface area contributed by atoms with E-state index in [-0.39, 0.29) is 11.6 Å². The molecule has 2 aromatic rings. The molecule has 0 spiro atoms. The predicted molar refractivity (Wildman–Crippen MR) is 143 cm³/mol. The summed E-state index contributed by atoms with van der Waals surface area (Å²) in [5.74, 6) is 1.35. The minimum absolute atomic E-state index is 0.0598. The smallest absolute Gasteiger partial charge is 0.198 e. The van der Waals surface area contributed by atoms with E-state index in [4.69, 9.17) is 0 Å². The average molecular weight is 463 g/mol. The quantitative estimate of drug-likeness (QED) is 0.241. The van der Waals surface area contributed by atoms with Crippen LogP contribution in [0.3, 0.4) is 0 Å². The van der Waals surface area contributed by atoms with E-state index >= 15 is 0 Å². The molecule has 4 nitrogen and oxygen atoms in total. The van der Waals surface area contributed by atoms with Crippen molar-refractivity contribution in [3.05, 3.63) is 58.7 Å². The second-order valence-electron chi connectivity index (χ2n) is 10.5. The molecule has 0 amide bonds. The summed E-state index contributed by atoms with van der Waals surface area (Å²) in [6.45, 7) is 10.6. The van der Waals surface area contributed by atoms with Gasteiger partial charge >= 0.3 is 0 Å². The van der Waals surface area contributed by atoms with Crippen molar-refractivity contribution in [3.8, 4) is 0 Å². The number of rotatable bonds is 14. The van der Waals surface area contributed by atoms with E-state index in [0.717, 1.165) is 49.1 Å². The maximum absolute atomic E-state index is 13.7. The summed E-state index contributed by atoms with van der Waals surface area (Å²) in [5.41, 5.74) is 3.60. The molecule has 184 valence electrons. The highest BCUT2D eigenvalue weighted by molar-refractivity contribution is 6.31. The molecule has 34 heavy (non-hydrogen) atoms. The van der Waals surface area contributed by atoms with Crippen LogP contribution in [0.5, 0.6) is 0 Å². The molecule has 0 fully saturated rings. The number of nitrogens with one attached hydrogen (secondary N) is 2. The Kier molecular flexibility index (Phi) is 9.74. The molecule has 0 heterocycles. The number of anilines is 2. The molecule has 1 aliphatic rings. The zero-order valence-corrected chi connectivity index (χ0v) is 21.5. The molecule has 2 N–H and O–H groups in total. The van der Waals surface area contributed by atoms with E-state index in [9.17, 15) is 9.59 Å². The van der Waals surface area contributed by atoms with Crippen molar-refractivity contribution in [1.82, 2.24) is 0 Å². The van der Waals surface area contributed by atoms with Crippen LogP contribution in [0.1, 0.15) is 111 Å². The number of carbonyl (C=O) groups excluding carboxylic acids is 2. The predicted octanol–water partition coefficient (Wildman–Crippen LogP) is 7.72. The summed E-state index contributed by atoms with van der Waals surface area (Å²) in [7, 11) is 0. The van der Waals surface area contributed by atoms with E-state index in [1.54, 1.807) is 12.1 Å². The maximum Gasteiger partial charge on any atom is 0.198 e. The summed E-state index contributed by atoms with van der Waals surface area (Å²) < 4.78 is 0. The molecule has 0 aliphatic heterocycles. The minimum atomic E-state index is -0.0641. The van der Waals surface area contributed by atoms with Crippen LogP contribution in [-0.2, 0) is 0 Å². The molecule has 0 saturated carbocycles. The molecule has 3 rings (SSSR count). The third-order valence-electron chi connectivity index (χ3n) is 6.62. The Labute approximate surface area is 205 Å². The van der Waals surface area contributed by atoms with Crippen molar-refractivity contribution < 1.29 is 9.59 Å². The van der Waals surface area contributed by atoms with E-state index in [2.05, 4.69) is 38.3 Å². The summed E-state index contributed by atoms with van der Waals surface area (Å²) >= 11 is 0. The average Bonchev–Trinajstić information content (AvgIpc) is 2.81. The molecule has 0 aromatic heterocycles. The normalized spacial score (nSPS) is 12.8. The lowest BCUT2D eigenvalue weighted by molar-refractivity contribution is 0.0980. The highest BCUT2D eigenvalue weighted by atomic mass is 16.1. The monoisotopic (exact) mass is 462 g/mol. The van der Waals surface area contributed by atoms with E-state index in [1.165, 1.54) is 38.5 Å². The van der Waals surface area contributed by atoms with Gasteiger partial charge in [0, 0.05) is 35.6 Å². The van der Waals surface area contributed by atoms with E-state index in [0.29, 0.717) is 22.3 Å². The van der Waals surface area contributed by atoms with Crippen molar-refractivity contribution in [2.45, 2.75) is 79.1 Å². The SMILES string of the molecule is CC(C)CCCCCNc1cccc2c1C(=O)c1c(NCCCCCC(C)C)cccc1C2=O. The first-order valence-corrected chi connectivity index (χ1v) is 13.2. The number of hydrogen-bond acceptors (Lipinski definition) is 4. The Hall–Kier alpha value is -2.62. The van der Waals surface area contributed by atoms with Crippen molar-refractivity contribution in [3.63, 3.8) is 0 Å². The van der Waals surface area contributed by atoms with Gasteiger partial charge in [0.15, 0.2) is 11.6 Å². The van der Waals surface area contributed by atoms with Gasteiger partial charge in [0.05, 0.1) is 11.1 Å². The lowest BCUT2D eigenvalue weighted by Gasteiger charge is -2.23. The fraction of sp³-hybridized carbons (Fsp3) is 0.533. The zero-order valence-electron chi connectivity index (χ0n) is 21.5. The van der Waals surface area contributed by atoms with Crippen molar-refractivity contribution in [2.75, 3.05) is 23.7 Å². The number of unbranched alkanes of at least 4 members (excludes halogenated alkanes) is 4. The standard InChI is InChI=1S/C30H42N2O2/c1-21(2)13-7-5-9-19-31-25-17-11-15-23-27(25)30(34)28-24(29(23)33)16-12-18-26(28)32-20-10-6-8-14-22(3)4/h11-12,15-18,21-22,31-32H,5-10,13-14,19-20H2,1-4H3. The van der Waals surface area contributed by atoms with Crippen molar-refractivity contribution in [1.29, 1.82) is 0 Å². The van der Waals surface area contributed by atoms with Gasteiger partial charge in [-0.1, -0.05) is 90.5 Å². The van der Waals surface area contributed by atoms with Gasteiger partial charge in [0.2, 0.25) is 0 Å². The first-order valence-electron chi connectivity index (χ1n) is 13.2. The van der Waals surface area contributed by atoms with Gasteiger partial charge in [0.1, 0.15) is 0 Å². The zero-order chi connectivity index (χ0) is 24.5. The van der Waals surface area contributed by atoms with Crippen LogP contribution < -0.4 is 10.6 Å². The van der Waals surface area contributed by atoms with Gasteiger partial charge in [-0.3, -0.25) is 9.59 Å². The van der Waals surface area contributed by atoms with Crippen LogP contribution in [0.15, 0.2) is 36.4 Å². The first-order chi connectivity index (χ1) is 16.4. The molecule has 0 bridgehead atoms. The summed E-state index contributed by atoms with van der Waals surface area (Å²) in [6.07, 6.45) is 9.39. The van der Waals surface area contributed by atoms with Gasteiger partial charge in [-0.15, -0.1) is 0 Å². The summed E-state index contributed by atoms with van der Waals surface area (Å²) in [6, 6.07) is 11.1. The lowest BCUT2D eigenvalue weighted by Crippen LogP contribution is -2.24. The minimum Gasteiger partial charge on any atom is -0.384 e. The molecular weight excluding hydrogens is 420 g/mol. The summed E-state index contributed by atoms with van der Waals surface area (Å²) in [5, 5.41) is 6.89. The topological polar surface area (TPSA) is 58.2 Å². The van der Waals surface area contributed by atoms with Gasteiger partial charge < -0.3 is 10.6 Å². The third-order valence-corrected chi connectivity index (χ3v) is 6.62. The second-order valence-corrected chi connectivity index (χ2v) is 10.5. The Morgan fingerprint density at radius 1 is 0.588 bits per heavy atom. The maximum atomic E-state index is 13.7. The molecule has 0 radical (unpaired) electrons. The largest absolute Gasteiger partial charge is 0.384 e. The fourth-order valence-electron chi connectivity index (χ4n) is 4.69. The molecule has 0 unspecified atom stereocenters. The molecule has 0 atom stereocenters. The number of carbonyl (C=O) groups is 2. The third kappa shape index (κ3) is 6.71. The molecular formula is C30H42N2O2. The van der Waals surface area contributed by atoms with Gasteiger partial charge in [0.25, 0.3) is 0 Å². The molecule has 1 aliphatic carbocycles. The van der Waals surface area contributed by atoms with Gasteiger partial charge in [-0.05, 0) is 36.8 Å². The van der Waals surface area contributed by atoms with Crippen LogP contribution in [-0.4, -0.2) is 24.7 Å². The van der Waals surface area contributed by atoms with Crippen molar-refractivity contribution in [2.24, 2.45) is 11.8 Å². The first kappa shape index (κ1) is 26.0. The Balaban J connectivity index is 1.69. The van der Waals surface area contributed by atoms with Crippen LogP contribution in [0.25, 0.3) is 0 Å². The second kappa shape index (κ2) is 12.7. The number of hydrogen-bond donors (Lipinski definition) is 2. The summed E-state index contributed by atoms with van der Waals surface area (Å²) in [4.78, 5) is 27.0. The number of ketones is 2. The van der Waals surface area contributed by atoms with Crippen LogP contribution in [0.2, 0.25) is 0 Å². The van der Waals surface area contributed by atoms with Gasteiger partial charge in [-0.2, -0.15) is 0 Å². The highest BCUT2D eigenvalue weighted by Crippen LogP contribution is 2.35. The molecule has 4 heteroatoms. The van der Waals surface area contributed by atoms with Gasteiger partial charge in [-0.25, -0.2) is 0 Å². The number of benzene rings is 2. The molecule has 0 saturated heterocycles. The van der Waals surface area contributed by atoms with E-state index in [1.807, 2.05) is 24.3 Å². The Bertz CT molecular complexity index is 902. The van der Waals surface area contributed by atoms with Crippen LogP contribution in [0.4, 0.5) is 11.4 Å². The Morgan fingerprint density at radius 3 is 1.44 bits per heavy atom. The lowest BCUT2D eigenvalue weighted by atomic mass is 9.82.